The molecule has 7 heteroatoms. The number of rotatable bonds is 4. The number of carbonyl (C=O) groups excluding carboxylic acids is 1. The van der Waals surface area contributed by atoms with Crippen LogP contribution in [-0.4, -0.2) is 56.7 Å². The summed E-state index contributed by atoms with van der Waals surface area (Å²) in [6, 6.07) is 10.2. The third-order valence-corrected chi connectivity index (χ3v) is 5.27. The first-order chi connectivity index (χ1) is 14.0. The Morgan fingerprint density at radius 3 is 2.31 bits per heavy atom. The van der Waals surface area contributed by atoms with Crippen LogP contribution in [0.3, 0.4) is 0 Å². The van der Waals surface area contributed by atoms with E-state index in [0.717, 1.165) is 35.9 Å². The predicted octanol–water partition coefficient (Wildman–Crippen LogP) is 2.48. The molecule has 29 heavy (non-hydrogen) atoms. The predicted molar refractivity (Wildman–Crippen MR) is 112 cm³/mol. The second-order valence-electron chi connectivity index (χ2n) is 7.60. The Bertz CT molecular complexity index is 1000. The van der Waals surface area contributed by atoms with E-state index in [1.165, 1.54) is 5.56 Å². The van der Waals surface area contributed by atoms with E-state index in [1.807, 2.05) is 41.6 Å². The maximum atomic E-state index is 12.6. The third kappa shape index (κ3) is 4.29. The third-order valence-electron chi connectivity index (χ3n) is 5.27. The highest BCUT2D eigenvalue weighted by Crippen LogP contribution is 2.17. The lowest BCUT2D eigenvalue weighted by Crippen LogP contribution is -2.49. The molecular formula is C22H26N6O. The molecular weight excluding hydrogens is 364 g/mol. The highest BCUT2D eigenvalue weighted by Gasteiger charge is 2.22. The molecule has 4 rings (SSSR count). The number of benzene rings is 1. The van der Waals surface area contributed by atoms with Crippen LogP contribution in [0.25, 0.3) is 5.82 Å². The Balaban J connectivity index is 1.39. The highest BCUT2D eigenvalue weighted by molar-refractivity contribution is 5.79. The van der Waals surface area contributed by atoms with Crippen LogP contribution in [0, 0.1) is 20.8 Å². The number of hydrogen-bond acceptors (Lipinski definition) is 5. The molecule has 2 aromatic heterocycles. The van der Waals surface area contributed by atoms with E-state index >= 15 is 0 Å². The summed E-state index contributed by atoms with van der Waals surface area (Å²) in [5.41, 5.74) is 4.25. The van der Waals surface area contributed by atoms with Crippen molar-refractivity contribution in [2.75, 3.05) is 31.1 Å². The zero-order valence-corrected chi connectivity index (χ0v) is 17.2. The summed E-state index contributed by atoms with van der Waals surface area (Å²) in [5, 5.41) is 4.49. The van der Waals surface area contributed by atoms with E-state index in [-0.39, 0.29) is 5.91 Å². The van der Waals surface area contributed by atoms with E-state index in [1.54, 1.807) is 12.4 Å². The summed E-state index contributed by atoms with van der Waals surface area (Å²) in [7, 11) is 0. The van der Waals surface area contributed by atoms with Crippen LogP contribution >= 0.6 is 0 Å². The van der Waals surface area contributed by atoms with Gasteiger partial charge < -0.3 is 9.80 Å². The molecule has 3 heterocycles. The SMILES string of the molecule is Cc1ccc(CC(=O)N2CCN(c3cncc(-n4nc(C)cc4C)n3)CC2)cc1. The monoisotopic (exact) mass is 390 g/mol. The van der Waals surface area contributed by atoms with Crippen molar-refractivity contribution in [2.24, 2.45) is 0 Å². The molecule has 0 aliphatic carbocycles. The van der Waals surface area contributed by atoms with Crippen LogP contribution in [0.1, 0.15) is 22.5 Å². The second kappa shape index (κ2) is 8.03. The molecule has 0 radical (unpaired) electrons. The second-order valence-corrected chi connectivity index (χ2v) is 7.60. The maximum absolute atomic E-state index is 12.6. The van der Waals surface area contributed by atoms with Crippen LogP contribution < -0.4 is 4.90 Å². The van der Waals surface area contributed by atoms with Crippen molar-refractivity contribution in [1.82, 2.24) is 24.6 Å². The minimum absolute atomic E-state index is 0.177. The molecule has 1 aliphatic rings. The number of anilines is 1. The van der Waals surface area contributed by atoms with Gasteiger partial charge in [-0.15, -0.1) is 0 Å². The summed E-state index contributed by atoms with van der Waals surface area (Å²) in [5.74, 6) is 1.71. The largest absolute Gasteiger partial charge is 0.352 e. The van der Waals surface area contributed by atoms with Crippen molar-refractivity contribution in [3.05, 3.63) is 65.2 Å². The van der Waals surface area contributed by atoms with E-state index < -0.39 is 0 Å². The zero-order chi connectivity index (χ0) is 20.4. The first-order valence-corrected chi connectivity index (χ1v) is 9.93. The van der Waals surface area contributed by atoms with Gasteiger partial charge in [0.25, 0.3) is 0 Å². The fraction of sp³-hybridized carbons (Fsp3) is 0.364. The van der Waals surface area contributed by atoms with E-state index in [2.05, 4.69) is 34.0 Å². The summed E-state index contributed by atoms with van der Waals surface area (Å²) >= 11 is 0. The molecule has 1 aromatic carbocycles. The lowest BCUT2D eigenvalue weighted by atomic mass is 10.1. The smallest absolute Gasteiger partial charge is 0.227 e. The van der Waals surface area contributed by atoms with Crippen molar-refractivity contribution >= 4 is 11.7 Å². The Hall–Kier alpha value is -3.22. The van der Waals surface area contributed by atoms with Gasteiger partial charge in [-0.1, -0.05) is 29.8 Å². The number of aryl methyl sites for hydroxylation is 3. The van der Waals surface area contributed by atoms with E-state index in [9.17, 15) is 4.79 Å². The molecule has 1 aliphatic heterocycles. The first kappa shape index (κ1) is 19.1. The molecule has 3 aromatic rings. The summed E-state index contributed by atoms with van der Waals surface area (Å²) in [6.07, 6.45) is 3.96. The number of carbonyl (C=O) groups is 1. The van der Waals surface area contributed by atoms with Gasteiger partial charge in [0.05, 0.1) is 24.5 Å². The lowest BCUT2D eigenvalue weighted by Gasteiger charge is -2.35. The fourth-order valence-corrected chi connectivity index (χ4v) is 3.64. The molecule has 0 unspecified atom stereocenters. The van der Waals surface area contributed by atoms with E-state index in [4.69, 9.17) is 4.98 Å². The van der Waals surface area contributed by atoms with Crippen LogP contribution in [-0.2, 0) is 11.2 Å². The summed E-state index contributed by atoms with van der Waals surface area (Å²) < 4.78 is 1.81. The molecule has 0 bridgehead atoms. The van der Waals surface area contributed by atoms with E-state index in [0.29, 0.717) is 25.3 Å². The number of hydrogen-bond donors (Lipinski definition) is 0. The van der Waals surface area contributed by atoms with Gasteiger partial charge >= 0.3 is 0 Å². The number of aromatic nitrogens is 4. The summed E-state index contributed by atoms with van der Waals surface area (Å²) in [6.45, 7) is 8.90. The average molecular weight is 390 g/mol. The first-order valence-electron chi connectivity index (χ1n) is 9.93. The Kier molecular flexibility index (Phi) is 5.29. The number of nitrogens with zero attached hydrogens (tertiary/aromatic N) is 6. The van der Waals surface area contributed by atoms with Gasteiger partial charge in [-0.05, 0) is 32.4 Å². The molecule has 0 spiro atoms. The molecule has 0 saturated carbocycles. The van der Waals surface area contributed by atoms with Gasteiger partial charge in [-0.3, -0.25) is 9.78 Å². The summed E-state index contributed by atoms with van der Waals surface area (Å²) in [4.78, 5) is 25.9. The quantitative estimate of drug-likeness (QED) is 0.685. The van der Waals surface area contributed by atoms with Crippen LogP contribution in [0.5, 0.6) is 0 Å². The number of amides is 1. The van der Waals surface area contributed by atoms with Gasteiger partial charge in [0, 0.05) is 31.9 Å². The van der Waals surface area contributed by atoms with Crippen molar-refractivity contribution in [2.45, 2.75) is 27.2 Å². The van der Waals surface area contributed by atoms with Crippen LogP contribution in [0.4, 0.5) is 5.82 Å². The average Bonchev–Trinajstić information content (AvgIpc) is 3.08. The highest BCUT2D eigenvalue weighted by atomic mass is 16.2. The van der Waals surface area contributed by atoms with Gasteiger partial charge in [-0.2, -0.15) is 5.10 Å². The standard InChI is InChI=1S/C22H26N6O/c1-16-4-6-19(7-5-16)13-22(29)27-10-8-26(9-11-27)20-14-23-15-21(24-20)28-18(3)12-17(2)25-28/h4-7,12,14-15H,8-11,13H2,1-3H3. The van der Waals surface area contributed by atoms with Crippen molar-refractivity contribution in [3.8, 4) is 5.82 Å². The Morgan fingerprint density at radius 2 is 1.66 bits per heavy atom. The molecule has 1 fully saturated rings. The minimum atomic E-state index is 0.177. The van der Waals surface area contributed by atoms with Gasteiger partial charge in [0.1, 0.15) is 5.82 Å². The minimum Gasteiger partial charge on any atom is -0.352 e. The lowest BCUT2D eigenvalue weighted by molar-refractivity contribution is -0.130. The number of piperazine rings is 1. The van der Waals surface area contributed by atoms with Gasteiger partial charge in [-0.25, -0.2) is 9.67 Å². The van der Waals surface area contributed by atoms with Crippen molar-refractivity contribution in [1.29, 1.82) is 0 Å². The van der Waals surface area contributed by atoms with Gasteiger partial charge in [0.2, 0.25) is 5.91 Å². The molecule has 7 nitrogen and oxygen atoms in total. The Morgan fingerprint density at radius 1 is 0.966 bits per heavy atom. The molecule has 1 saturated heterocycles. The van der Waals surface area contributed by atoms with Crippen LogP contribution in [0.2, 0.25) is 0 Å². The van der Waals surface area contributed by atoms with Crippen molar-refractivity contribution in [3.63, 3.8) is 0 Å². The van der Waals surface area contributed by atoms with Crippen LogP contribution in [0.15, 0.2) is 42.7 Å². The topological polar surface area (TPSA) is 67.2 Å². The normalized spacial score (nSPS) is 14.3. The molecule has 0 N–H and O–H groups in total. The van der Waals surface area contributed by atoms with Gasteiger partial charge in [0.15, 0.2) is 5.82 Å². The molecule has 150 valence electrons. The van der Waals surface area contributed by atoms with Crippen molar-refractivity contribution < 1.29 is 4.79 Å². The molecule has 0 atom stereocenters. The maximum Gasteiger partial charge on any atom is 0.227 e. The zero-order valence-electron chi connectivity index (χ0n) is 17.2. The molecule has 1 amide bonds. The fourth-order valence-electron chi connectivity index (χ4n) is 3.64. The Labute approximate surface area is 171 Å².